The van der Waals surface area contributed by atoms with E-state index in [0.29, 0.717) is 0 Å². The summed E-state index contributed by atoms with van der Waals surface area (Å²) in [5, 5.41) is 7.68. The van der Waals surface area contributed by atoms with Crippen LogP contribution in [0.15, 0.2) is 12.2 Å². The quantitative estimate of drug-likeness (QED) is 0.461. The van der Waals surface area contributed by atoms with Crippen molar-refractivity contribution in [3.8, 4) is 0 Å². The molecule has 0 saturated heterocycles. The first-order valence-electron chi connectivity index (χ1n) is 6.63. The van der Waals surface area contributed by atoms with E-state index in [0.717, 1.165) is 0 Å². The molecule has 0 rings (SSSR count). The van der Waals surface area contributed by atoms with Gasteiger partial charge in [-0.3, -0.25) is 5.41 Å². The van der Waals surface area contributed by atoms with E-state index in [2.05, 4.69) is 33.9 Å². The van der Waals surface area contributed by atoms with Crippen molar-refractivity contribution in [3.63, 3.8) is 0 Å². The smallest absolute Gasteiger partial charge is 0.356 e. The maximum absolute atomic E-state index is 11.3. The summed E-state index contributed by atoms with van der Waals surface area (Å²) in [5.74, 6) is -0.599. The summed E-state index contributed by atoms with van der Waals surface area (Å²) in [5.41, 5.74) is -0.146. The van der Waals surface area contributed by atoms with E-state index >= 15 is 0 Å². The molecule has 1 atom stereocenters. The van der Waals surface area contributed by atoms with Crippen molar-refractivity contribution in [3.05, 3.63) is 12.2 Å². The molecular weight excluding hydrogens is 258 g/mol. The number of esters is 1. The van der Waals surface area contributed by atoms with Crippen LogP contribution in [0.4, 0.5) is 0 Å². The van der Waals surface area contributed by atoms with E-state index in [1.807, 2.05) is 6.92 Å². The third-order valence-electron chi connectivity index (χ3n) is 3.32. The van der Waals surface area contributed by atoms with Gasteiger partial charge in [-0.25, -0.2) is 4.79 Å². The minimum atomic E-state index is -1.82. The fourth-order valence-corrected chi connectivity index (χ4v) is 2.55. The van der Waals surface area contributed by atoms with Crippen molar-refractivity contribution in [2.45, 2.75) is 58.9 Å². The van der Waals surface area contributed by atoms with Crippen LogP contribution >= 0.6 is 0 Å². The highest BCUT2D eigenvalue weighted by Crippen LogP contribution is 2.37. The average Bonchev–Trinajstić information content (AvgIpc) is 2.24. The second-order valence-electron chi connectivity index (χ2n) is 6.08. The minimum Gasteiger partial charge on any atom is -0.560 e. The van der Waals surface area contributed by atoms with E-state index in [1.165, 1.54) is 6.08 Å². The molecule has 19 heavy (non-hydrogen) atoms. The van der Waals surface area contributed by atoms with Crippen LogP contribution in [-0.2, 0) is 14.0 Å². The molecule has 0 aliphatic carbocycles. The van der Waals surface area contributed by atoms with Crippen molar-refractivity contribution >= 4 is 20.0 Å². The van der Waals surface area contributed by atoms with Crippen molar-refractivity contribution in [2.75, 3.05) is 6.61 Å². The van der Waals surface area contributed by atoms with Gasteiger partial charge in [0.05, 0.1) is 6.61 Å². The molecule has 0 heterocycles. The largest absolute Gasteiger partial charge is 0.560 e. The van der Waals surface area contributed by atoms with Gasteiger partial charge in [-0.2, -0.15) is 0 Å². The Hall–Kier alpha value is -0.943. The maximum Gasteiger partial charge on any atom is 0.356 e. The predicted octanol–water partition coefficient (Wildman–Crippen LogP) is 3.54. The number of carbonyl (C=O) groups is 1. The third kappa shape index (κ3) is 6.16. The summed E-state index contributed by atoms with van der Waals surface area (Å²) in [6, 6.07) is 0. The Kier molecular flexibility index (Phi) is 6.66. The first kappa shape index (κ1) is 18.1. The molecule has 5 heteroatoms. The monoisotopic (exact) mass is 285 g/mol. The molecule has 0 bridgehead atoms. The number of carbonyl (C=O) groups excluding carboxylic acids is 1. The van der Waals surface area contributed by atoms with Crippen LogP contribution in [0.1, 0.15) is 34.6 Å². The topological polar surface area (TPSA) is 59.4 Å². The number of rotatable bonds is 6. The molecule has 0 aromatic rings. The Bertz CT molecular complexity index is 356. The molecule has 111 valence electrons. The summed E-state index contributed by atoms with van der Waals surface area (Å²) in [6.07, 6.45) is 3.07. The molecular formula is C14H27NO3Si-. The molecule has 0 unspecified atom stereocenters. The van der Waals surface area contributed by atoms with Crippen LogP contribution in [0.25, 0.3) is 0 Å². The van der Waals surface area contributed by atoms with E-state index in [-0.39, 0.29) is 23.5 Å². The maximum atomic E-state index is 11.3. The molecule has 0 radical (unpaired) electrons. The minimum absolute atomic E-state index is 0.115. The van der Waals surface area contributed by atoms with Gasteiger partial charge >= 0.3 is 5.97 Å². The van der Waals surface area contributed by atoms with Crippen molar-refractivity contribution < 1.29 is 14.0 Å². The SMILES string of the molecule is CCOC(=O)C(=N)/C=C/[C@@H](C)O[Si-](C)(C)C(C)(C)C. The van der Waals surface area contributed by atoms with Gasteiger partial charge in [0.15, 0.2) is 0 Å². The zero-order chi connectivity index (χ0) is 15.3. The van der Waals surface area contributed by atoms with Gasteiger partial charge in [0, 0.05) is 6.10 Å². The molecule has 0 spiro atoms. The summed E-state index contributed by atoms with van der Waals surface area (Å²) in [4.78, 5) is 11.3. The molecule has 0 amide bonds. The number of ether oxygens (including phenoxy) is 1. The van der Waals surface area contributed by atoms with E-state index in [9.17, 15) is 4.79 Å². The second kappa shape index (κ2) is 7.00. The lowest BCUT2D eigenvalue weighted by Crippen LogP contribution is -2.42. The molecule has 0 aromatic heterocycles. The molecule has 4 nitrogen and oxygen atoms in total. The van der Waals surface area contributed by atoms with Crippen molar-refractivity contribution in [1.82, 2.24) is 0 Å². The fraction of sp³-hybridized carbons (Fsp3) is 0.714. The Labute approximate surface area is 117 Å². The Morgan fingerprint density at radius 1 is 1.37 bits per heavy atom. The van der Waals surface area contributed by atoms with E-state index in [4.69, 9.17) is 14.6 Å². The van der Waals surface area contributed by atoms with Gasteiger partial charge in [-0.05, 0) is 28.2 Å². The summed E-state index contributed by atoms with van der Waals surface area (Å²) in [6.45, 7) is 14.8. The number of hydrogen-bond acceptors (Lipinski definition) is 4. The highest BCUT2D eigenvalue weighted by atomic mass is 28.4. The van der Waals surface area contributed by atoms with Crippen molar-refractivity contribution in [1.29, 1.82) is 5.41 Å². The Balaban J connectivity index is 4.51. The van der Waals surface area contributed by atoms with Gasteiger partial charge in [0.1, 0.15) is 5.71 Å². The van der Waals surface area contributed by atoms with Crippen LogP contribution in [0.5, 0.6) is 0 Å². The second-order valence-corrected chi connectivity index (χ2v) is 10.8. The lowest BCUT2D eigenvalue weighted by molar-refractivity contribution is -0.135. The number of hydrogen-bond donors (Lipinski definition) is 1. The highest BCUT2D eigenvalue weighted by Gasteiger charge is 2.25. The summed E-state index contributed by atoms with van der Waals surface area (Å²) in [7, 11) is -1.82. The summed E-state index contributed by atoms with van der Waals surface area (Å²) >= 11 is 0. The van der Waals surface area contributed by atoms with Crippen LogP contribution in [0.3, 0.4) is 0 Å². The predicted molar refractivity (Wildman–Crippen MR) is 81.2 cm³/mol. The molecule has 0 saturated carbocycles. The van der Waals surface area contributed by atoms with Crippen LogP contribution in [0.2, 0.25) is 18.1 Å². The first-order chi connectivity index (χ1) is 8.51. The Morgan fingerprint density at radius 2 is 1.89 bits per heavy atom. The van der Waals surface area contributed by atoms with Gasteiger partial charge in [-0.15, -0.1) is 18.1 Å². The fourth-order valence-electron chi connectivity index (χ4n) is 1.19. The average molecular weight is 285 g/mol. The summed E-state index contributed by atoms with van der Waals surface area (Å²) < 4.78 is 10.8. The van der Waals surface area contributed by atoms with Gasteiger partial charge in [-0.1, -0.05) is 26.8 Å². The highest BCUT2D eigenvalue weighted by molar-refractivity contribution is 6.74. The van der Waals surface area contributed by atoms with E-state index in [1.54, 1.807) is 13.0 Å². The van der Waals surface area contributed by atoms with Gasteiger partial charge < -0.3 is 9.16 Å². The van der Waals surface area contributed by atoms with Crippen molar-refractivity contribution in [2.24, 2.45) is 0 Å². The molecule has 0 aliphatic heterocycles. The third-order valence-corrected chi connectivity index (χ3v) is 7.89. The lowest BCUT2D eigenvalue weighted by atomic mass is 10.2. The number of nitrogens with one attached hydrogen (secondary N) is 1. The normalized spacial score (nSPS) is 14.5. The van der Waals surface area contributed by atoms with E-state index < -0.39 is 14.3 Å². The molecule has 0 aromatic carbocycles. The molecule has 0 fully saturated rings. The lowest BCUT2D eigenvalue weighted by Gasteiger charge is -2.50. The Morgan fingerprint density at radius 3 is 2.32 bits per heavy atom. The van der Waals surface area contributed by atoms with Gasteiger partial charge in [0.2, 0.25) is 0 Å². The zero-order valence-electron chi connectivity index (χ0n) is 13.2. The molecule has 1 N–H and O–H groups in total. The van der Waals surface area contributed by atoms with Gasteiger partial charge in [0.25, 0.3) is 0 Å². The molecule has 0 aliphatic rings. The first-order valence-corrected chi connectivity index (χ1v) is 9.53. The van der Waals surface area contributed by atoms with Crippen LogP contribution < -0.4 is 0 Å². The van der Waals surface area contributed by atoms with Crippen LogP contribution in [0, 0.1) is 5.41 Å². The van der Waals surface area contributed by atoms with Crippen LogP contribution in [-0.4, -0.2) is 32.7 Å². The standard InChI is InChI=1S/C14H27NO3Si/c1-8-17-13(16)12(15)10-9-11(2)18-19(6,7)14(3,4)5/h9-11,15H,8H2,1-7H3/q-1/b10-9+,15-12?/t11-/m1/s1. The zero-order valence-corrected chi connectivity index (χ0v) is 14.2.